The monoisotopic (exact) mass is 2180 g/mol. The van der Waals surface area contributed by atoms with Crippen LogP contribution in [-0.4, -0.2) is 133 Å². The van der Waals surface area contributed by atoms with Gasteiger partial charge in [0.15, 0.2) is 25.8 Å². The number of benzene rings is 10. The zero-order chi connectivity index (χ0) is 81.7. The molecule has 5 heterocycles. The Bertz CT molecular complexity index is 5830. The maximum absolute atomic E-state index is 11.3. The minimum absolute atomic E-state index is 0. The minimum Gasteiger partial charge on any atom is -0.541 e. The van der Waals surface area contributed by atoms with Crippen molar-refractivity contribution in [1.82, 2.24) is 73.8 Å². The van der Waals surface area contributed by atoms with Crippen molar-refractivity contribution in [2.24, 2.45) is 0 Å². The first-order valence-electron chi connectivity index (χ1n) is 38.5. The molecule has 10 aromatic carbocycles. The molecule has 5 aliphatic carbocycles. The van der Waals surface area contributed by atoms with Gasteiger partial charge in [0.1, 0.15) is 17.3 Å². The Hall–Kier alpha value is -6.09. The average Bonchev–Trinajstić information content (AvgIpc) is 1.62. The number of fused-ring (bicyclic) bond motifs is 5. The Kier molecular flexibility index (Phi) is 34.0. The summed E-state index contributed by atoms with van der Waals surface area (Å²) in [7, 11) is 0. The van der Waals surface area contributed by atoms with E-state index >= 15 is 0 Å². The summed E-state index contributed by atoms with van der Waals surface area (Å²) in [6, 6.07) is 64.1. The van der Waals surface area contributed by atoms with E-state index in [1.54, 1.807) is 20.8 Å². The van der Waals surface area contributed by atoms with Crippen molar-refractivity contribution in [2.75, 3.05) is 28.8 Å². The second-order valence-electron chi connectivity index (χ2n) is 29.2. The number of hydrogen-bond acceptors (Lipinski definition) is 20. The van der Waals surface area contributed by atoms with Crippen molar-refractivity contribution >= 4 is 222 Å². The van der Waals surface area contributed by atoms with Crippen LogP contribution in [-0.2, 0) is 89.4 Å². The van der Waals surface area contributed by atoms with Gasteiger partial charge in [-0.2, -0.15) is 0 Å². The summed E-state index contributed by atoms with van der Waals surface area (Å²) in [4.78, 5) is 55.1. The van der Waals surface area contributed by atoms with Gasteiger partial charge in [-0.25, -0.2) is 0 Å². The number of halogens is 5. The van der Waals surface area contributed by atoms with Crippen LogP contribution in [0.4, 0.5) is 0 Å². The van der Waals surface area contributed by atoms with Gasteiger partial charge in [0.25, 0.3) is 0 Å². The summed E-state index contributed by atoms with van der Waals surface area (Å²) in [6.45, 7) is 4.76. The van der Waals surface area contributed by atoms with Crippen LogP contribution in [0.15, 0.2) is 231 Å². The van der Waals surface area contributed by atoms with E-state index in [0.717, 1.165) is 43.9 Å². The first kappa shape index (κ1) is 95.0. The van der Waals surface area contributed by atoms with Crippen LogP contribution in [0.3, 0.4) is 0 Å². The van der Waals surface area contributed by atoms with Crippen molar-refractivity contribution in [2.45, 2.75) is 140 Å². The van der Waals surface area contributed by atoms with Gasteiger partial charge in [0, 0.05) is 92.3 Å². The maximum atomic E-state index is 11.3. The SMILES string of the molecule is CC(=O)CSc1nnc(Br)n1-c1ccc(C2CC2)c2ccccc12.CC(=O)CSc1nnc(Br)n1-c1ccc(C2CC2)c2ccccc12.CC(=O)CSc1nnc(Br)n1-c1ccc(C2CC2)c2ccccc12.O=[C-]CSc1nnc(Br)n1-c1ccc(C2CC2)c2ccccc12.O=[C-]CSc1nnc(Br)n1-c1ccc(C2CC2)c2ccccc12.[CH3-].[CH3-].[Y].[Y]. The predicted octanol–water partition coefficient (Wildman–Crippen LogP) is 23.6. The molecule has 122 heavy (non-hydrogen) atoms. The van der Waals surface area contributed by atoms with Crippen molar-refractivity contribution in [1.29, 1.82) is 0 Å². The molecule has 20 rings (SSSR count). The second kappa shape index (κ2) is 43.6. The third-order valence-electron chi connectivity index (χ3n) is 20.7. The summed E-state index contributed by atoms with van der Waals surface area (Å²) < 4.78 is 13.0. The third kappa shape index (κ3) is 22.0. The van der Waals surface area contributed by atoms with Gasteiger partial charge in [-0.1, -0.05) is 198 Å². The Morgan fingerprint density at radius 2 is 0.459 bits per heavy atom. The number of Topliss-reactive ketones (excluding diaryl/α,β-unsaturated/α-hetero) is 3. The van der Waals surface area contributed by atoms with Crippen molar-refractivity contribution in [3.8, 4) is 28.4 Å². The van der Waals surface area contributed by atoms with Gasteiger partial charge in [0.05, 0.1) is 45.7 Å². The van der Waals surface area contributed by atoms with Crippen molar-refractivity contribution < 1.29 is 89.4 Å². The topological polar surface area (TPSA) is 239 Å². The van der Waals surface area contributed by atoms with Crippen LogP contribution in [0.2, 0.25) is 0 Å². The van der Waals surface area contributed by atoms with E-state index in [9.17, 15) is 24.0 Å². The van der Waals surface area contributed by atoms with Crippen LogP contribution >= 0.6 is 138 Å². The largest absolute Gasteiger partial charge is 0.541 e. The summed E-state index contributed by atoms with van der Waals surface area (Å²) in [5.41, 5.74) is 12.3. The maximum Gasteiger partial charge on any atom is 0.205 e. The zero-order valence-corrected chi connectivity index (χ0v) is 84.8. The van der Waals surface area contributed by atoms with Gasteiger partial charge in [-0.15, -0.1) is 74.5 Å². The van der Waals surface area contributed by atoms with Gasteiger partial charge in [-0.05, 0) is 279 Å². The molecule has 0 unspecified atom stereocenters. The van der Waals surface area contributed by atoms with Crippen molar-refractivity contribution in [3.63, 3.8) is 0 Å². The first-order valence-corrected chi connectivity index (χ1v) is 47.4. The average molecular weight is 2190 g/mol. The Morgan fingerprint density at radius 3 is 0.623 bits per heavy atom. The molecule has 5 aliphatic rings. The summed E-state index contributed by atoms with van der Waals surface area (Å²) in [6.07, 6.45) is 16.5. The molecule has 0 saturated heterocycles. The van der Waals surface area contributed by atoms with Crippen molar-refractivity contribution in [3.05, 3.63) is 248 Å². The van der Waals surface area contributed by atoms with Crippen LogP contribution in [0, 0.1) is 14.9 Å². The van der Waals surface area contributed by atoms with Gasteiger partial charge >= 0.3 is 0 Å². The predicted molar refractivity (Wildman–Crippen MR) is 503 cm³/mol. The molecule has 0 spiro atoms. The molecule has 5 saturated carbocycles. The quantitative estimate of drug-likeness (QED) is 0.0382. The minimum atomic E-state index is 0. The molecule has 0 atom stereocenters. The molecule has 15 aromatic rings. The molecular formula is C90H80Br5N15O5S5Y2-4. The fourth-order valence-corrected chi connectivity index (χ4v) is 20.9. The molecule has 0 N–H and O–H groups in total. The van der Waals surface area contributed by atoms with Gasteiger partial charge < -0.3 is 24.4 Å². The second-order valence-corrected chi connectivity index (χ2v) is 37.5. The summed E-state index contributed by atoms with van der Waals surface area (Å²) in [5.74, 6) is 5.49. The number of aromatic nitrogens is 15. The van der Waals surface area contributed by atoms with Gasteiger partial charge in [0.2, 0.25) is 23.7 Å². The molecule has 0 aliphatic heterocycles. The third-order valence-corrected chi connectivity index (χ3v) is 28.0. The van der Waals surface area contributed by atoms with E-state index in [1.807, 2.05) is 47.5 Å². The zero-order valence-electron chi connectivity index (χ0n) is 67.1. The molecule has 5 aromatic heterocycles. The van der Waals surface area contributed by atoms with E-state index in [1.165, 1.54) is 205 Å². The molecule has 32 heteroatoms. The number of rotatable bonds is 25. The molecule has 0 bridgehead atoms. The van der Waals surface area contributed by atoms with Gasteiger partial charge in [-0.3, -0.25) is 49.8 Å². The number of thioether (sulfide) groups is 5. The van der Waals surface area contributed by atoms with E-state index in [2.05, 4.69) is 300 Å². The first-order chi connectivity index (χ1) is 57.5. The fraction of sp³-hybridized carbons (Fsp3) is 0.256. The molecular weight excluding hydrogens is 2110 g/mol. The Labute approximate surface area is 821 Å². The number of nitrogens with zero attached hydrogens (tertiary/aromatic N) is 15. The molecule has 0 amide bonds. The number of hydrogen-bond donors (Lipinski definition) is 0. The van der Waals surface area contributed by atoms with E-state index in [4.69, 9.17) is 0 Å². The summed E-state index contributed by atoms with van der Waals surface area (Å²) >= 11 is 24.3. The molecule has 20 nitrogen and oxygen atoms in total. The molecule has 5 fully saturated rings. The van der Waals surface area contributed by atoms with Crippen LogP contribution in [0.25, 0.3) is 82.3 Å². The standard InChI is InChI=1S/3C18H16BrN3OS.2C17H13BrN3OS.2CH3.2Y/c3*1-11(23)10-24-18-21-20-17(19)22(18)16-9-8-13(12-6-7-12)14-4-2-3-5-15(14)16;2*18-16-19-20-17(23-10-9-22)21(16)15-8-7-12(11-5-6-11)13-3-1-2-4-14(13)15;;;;/h3*2-5,8-9,12H,6-7,10H2,1H3;2*1-4,7-8,11H,5-6,10H2;2*1H3;;/q;;;4*-1;;. The normalized spacial score (nSPS) is 13.8. The summed E-state index contributed by atoms with van der Waals surface area (Å²) in [5, 5.41) is 57.5. The number of carbonyl (C=O) groups is 3. The number of carbonyl (C=O) groups excluding carboxylic acids is 5. The smallest absolute Gasteiger partial charge is 0.205 e. The molecule has 2 radical (unpaired) electrons. The van der Waals surface area contributed by atoms with E-state index in [-0.39, 0.29) is 109 Å². The van der Waals surface area contributed by atoms with Crippen LogP contribution < -0.4 is 0 Å². The van der Waals surface area contributed by atoms with Crippen LogP contribution in [0.1, 0.15) is 142 Å². The number of ketones is 3. The Balaban J connectivity index is 0.000000138. The Morgan fingerprint density at radius 1 is 0.287 bits per heavy atom. The van der Waals surface area contributed by atoms with Crippen LogP contribution in [0.5, 0.6) is 0 Å². The van der Waals surface area contributed by atoms with E-state index < -0.39 is 0 Å². The fourth-order valence-electron chi connectivity index (χ4n) is 14.7. The molecule has 620 valence electrons. The van der Waals surface area contributed by atoms with E-state index in [0.29, 0.717) is 80.8 Å².